The molecule has 0 atom stereocenters. The number of piperidine rings is 1. The van der Waals surface area contributed by atoms with Gasteiger partial charge in [0.2, 0.25) is 0 Å². The monoisotopic (exact) mass is 332 g/mol. The maximum Gasteiger partial charge on any atom is 0.471 e. The summed E-state index contributed by atoms with van der Waals surface area (Å²) in [7, 11) is 0. The number of likely N-dealkylation sites (tertiary alicyclic amines) is 1. The van der Waals surface area contributed by atoms with Crippen molar-refractivity contribution in [3.8, 4) is 11.5 Å². The predicted molar refractivity (Wildman–Crippen MR) is 72.9 cm³/mol. The summed E-state index contributed by atoms with van der Waals surface area (Å²) >= 11 is 0. The Kier molecular flexibility index (Phi) is 4.67. The molecule has 1 heterocycles. The van der Waals surface area contributed by atoms with Crippen molar-refractivity contribution in [3.05, 3.63) is 23.8 Å². The molecule has 126 valence electrons. The maximum absolute atomic E-state index is 12.3. The number of hydrogen-bond donors (Lipinski definition) is 3. The van der Waals surface area contributed by atoms with Crippen LogP contribution in [0.3, 0.4) is 0 Å². The van der Waals surface area contributed by atoms with Crippen LogP contribution in [0.25, 0.3) is 0 Å². The van der Waals surface area contributed by atoms with E-state index in [1.807, 2.05) is 0 Å². The number of aromatic hydroxyl groups is 2. The zero-order valence-corrected chi connectivity index (χ0v) is 11.9. The topological polar surface area (TPSA) is 89.9 Å². The molecule has 0 bridgehead atoms. The largest absolute Gasteiger partial charge is 0.508 e. The fourth-order valence-electron chi connectivity index (χ4n) is 2.40. The third kappa shape index (κ3) is 4.27. The maximum atomic E-state index is 12.3. The number of rotatable bonds is 2. The SMILES string of the molecule is O=C(NC1CCN(C(=O)C(F)(F)F)CC1)c1cc(O)cc(O)c1. The summed E-state index contributed by atoms with van der Waals surface area (Å²) < 4.78 is 37.0. The highest BCUT2D eigenvalue weighted by atomic mass is 19.4. The van der Waals surface area contributed by atoms with Crippen molar-refractivity contribution >= 4 is 11.8 Å². The number of carbonyl (C=O) groups excluding carboxylic acids is 2. The smallest absolute Gasteiger partial charge is 0.471 e. The van der Waals surface area contributed by atoms with Crippen molar-refractivity contribution in [3.63, 3.8) is 0 Å². The normalized spacial score (nSPS) is 16.2. The molecule has 0 spiro atoms. The van der Waals surface area contributed by atoms with Gasteiger partial charge in [-0.25, -0.2) is 0 Å². The zero-order chi connectivity index (χ0) is 17.2. The number of nitrogens with one attached hydrogen (secondary N) is 1. The van der Waals surface area contributed by atoms with E-state index in [4.69, 9.17) is 0 Å². The van der Waals surface area contributed by atoms with Crippen LogP contribution in [0, 0.1) is 0 Å². The van der Waals surface area contributed by atoms with Gasteiger partial charge < -0.3 is 20.4 Å². The quantitative estimate of drug-likeness (QED) is 0.763. The molecular formula is C14H15F3N2O4. The summed E-state index contributed by atoms with van der Waals surface area (Å²) in [6, 6.07) is 3.01. The van der Waals surface area contributed by atoms with Gasteiger partial charge in [-0.1, -0.05) is 0 Å². The third-order valence-corrected chi connectivity index (χ3v) is 3.52. The number of phenolic OH excluding ortho intramolecular Hbond substituents is 2. The number of phenols is 2. The van der Waals surface area contributed by atoms with Crippen molar-refractivity contribution in [2.75, 3.05) is 13.1 Å². The molecule has 6 nitrogen and oxygen atoms in total. The first-order valence-corrected chi connectivity index (χ1v) is 6.87. The molecular weight excluding hydrogens is 317 g/mol. The molecule has 1 aromatic rings. The van der Waals surface area contributed by atoms with E-state index in [0.717, 1.165) is 18.2 Å². The number of nitrogens with zero attached hydrogens (tertiary/aromatic N) is 1. The van der Waals surface area contributed by atoms with Gasteiger partial charge in [-0.3, -0.25) is 9.59 Å². The third-order valence-electron chi connectivity index (χ3n) is 3.52. The molecule has 1 saturated heterocycles. The molecule has 3 N–H and O–H groups in total. The van der Waals surface area contributed by atoms with Crippen LogP contribution in [-0.4, -0.2) is 52.2 Å². The van der Waals surface area contributed by atoms with Crippen LogP contribution < -0.4 is 5.32 Å². The Morgan fingerprint density at radius 2 is 1.61 bits per heavy atom. The van der Waals surface area contributed by atoms with E-state index in [9.17, 15) is 33.0 Å². The first-order valence-electron chi connectivity index (χ1n) is 6.87. The van der Waals surface area contributed by atoms with Crippen LogP contribution in [0.15, 0.2) is 18.2 Å². The highest BCUT2D eigenvalue weighted by Crippen LogP contribution is 2.23. The number of hydrogen-bond acceptors (Lipinski definition) is 4. The lowest BCUT2D eigenvalue weighted by molar-refractivity contribution is -0.186. The van der Waals surface area contributed by atoms with Gasteiger partial charge in [0.25, 0.3) is 5.91 Å². The molecule has 23 heavy (non-hydrogen) atoms. The number of halogens is 3. The molecule has 0 saturated carbocycles. The highest BCUT2D eigenvalue weighted by Gasteiger charge is 2.43. The lowest BCUT2D eigenvalue weighted by atomic mass is 10.0. The van der Waals surface area contributed by atoms with Crippen LogP contribution >= 0.6 is 0 Å². The van der Waals surface area contributed by atoms with E-state index in [2.05, 4.69) is 5.32 Å². The Bertz CT molecular complexity index is 590. The van der Waals surface area contributed by atoms with E-state index in [-0.39, 0.29) is 49.0 Å². The van der Waals surface area contributed by atoms with Crippen molar-refractivity contribution in [1.29, 1.82) is 0 Å². The fraction of sp³-hybridized carbons (Fsp3) is 0.429. The molecule has 0 radical (unpaired) electrons. The van der Waals surface area contributed by atoms with Crippen molar-refractivity contribution in [2.24, 2.45) is 0 Å². The van der Waals surface area contributed by atoms with E-state index in [1.54, 1.807) is 0 Å². The minimum atomic E-state index is -4.89. The molecule has 1 aliphatic heterocycles. The first kappa shape index (κ1) is 16.9. The Hall–Kier alpha value is -2.45. The summed E-state index contributed by atoms with van der Waals surface area (Å²) in [6.45, 7) is -0.205. The molecule has 1 aliphatic rings. The van der Waals surface area contributed by atoms with Gasteiger partial charge in [0.05, 0.1) is 0 Å². The number of carbonyl (C=O) groups is 2. The summed E-state index contributed by atoms with van der Waals surface area (Å²) in [6.07, 6.45) is -4.51. The molecule has 0 unspecified atom stereocenters. The average Bonchev–Trinajstić information content (AvgIpc) is 2.45. The van der Waals surface area contributed by atoms with Crippen LogP contribution in [0.4, 0.5) is 13.2 Å². The van der Waals surface area contributed by atoms with Crippen LogP contribution in [-0.2, 0) is 4.79 Å². The number of alkyl halides is 3. The number of benzene rings is 1. The summed E-state index contributed by atoms with van der Waals surface area (Å²) in [5.41, 5.74) is 0.0382. The van der Waals surface area contributed by atoms with E-state index >= 15 is 0 Å². The summed E-state index contributed by atoms with van der Waals surface area (Å²) in [5.74, 6) is -2.99. The lowest BCUT2D eigenvalue weighted by Crippen LogP contribution is -2.50. The van der Waals surface area contributed by atoms with Gasteiger partial charge in [-0.05, 0) is 25.0 Å². The Morgan fingerprint density at radius 3 is 2.09 bits per heavy atom. The zero-order valence-electron chi connectivity index (χ0n) is 11.9. The van der Waals surface area contributed by atoms with Crippen LogP contribution in [0.2, 0.25) is 0 Å². The minimum absolute atomic E-state index is 0.0382. The Labute approximate surface area is 129 Å². The van der Waals surface area contributed by atoms with E-state index < -0.39 is 18.0 Å². The fourth-order valence-corrected chi connectivity index (χ4v) is 2.40. The van der Waals surface area contributed by atoms with Gasteiger partial charge >= 0.3 is 12.1 Å². The van der Waals surface area contributed by atoms with Gasteiger partial charge in [-0.15, -0.1) is 0 Å². The van der Waals surface area contributed by atoms with Gasteiger partial charge in [-0.2, -0.15) is 13.2 Å². The summed E-state index contributed by atoms with van der Waals surface area (Å²) in [4.78, 5) is 23.8. The lowest BCUT2D eigenvalue weighted by Gasteiger charge is -2.32. The van der Waals surface area contributed by atoms with Crippen molar-refractivity contribution in [2.45, 2.75) is 25.1 Å². The van der Waals surface area contributed by atoms with E-state index in [1.165, 1.54) is 0 Å². The van der Waals surface area contributed by atoms with Crippen molar-refractivity contribution < 1.29 is 33.0 Å². The van der Waals surface area contributed by atoms with Crippen LogP contribution in [0.1, 0.15) is 23.2 Å². The van der Waals surface area contributed by atoms with E-state index in [0.29, 0.717) is 4.90 Å². The van der Waals surface area contributed by atoms with Crippen LogP contribution in [0.5, 0.6) is 11.5 Å². The highest BCUT2D eigenvalue weighted by molar-refractivity contribution is 5.95. The molecule has 1 aromatic carbocycles. The molecule has 2 rings (SSSR count). The molecule has 0 aromatic heterocycles. The van der Waals surface area contributed by atoms with Gasteiger partial charge in [0.15, 0.2) is 0 Å². The second kappa shape index (κ2) is 6.35. The minimum Gasteiger partial charge on any atom is -0.508 e. The molecule has 0 aliphatic carbocycles. The Balaban J connectivity index is 1.91. The average molecular weight is 332 g/mol. The summed E-state index contributed by atoms with van der Waals surface area (Å²) in [5, 5.41) is 21.3. The number of amides is 2. The second-order valence-corrected chi connectivity index (χ2v) is 5.28. The molecule has 9 heteroatoms. The molecule has 2 amide bonds. The first-order chi connectivity index (χ1) is 10.7. The molecule has 1 fully saturated rings. The Morgan fingerprint density at radius 1 is 1.09 bits per heavy atom. The predicted octanol–water partition coefficient (Wildman–Crippen LogP) is 1.38. The standard InChI is InChI=1S/C14H15F3N2O4/c15-14(16,17)13(23)19-3-1-9(2-4-19)18-12(22)8-5-10(20)7-11(21)6-8/h5-7,9,20-21H,1-4H2,(H,18,22). The van der Waals surface area contributed by atoms with Crippen molar-refractivity contribution in [1.82, 2.24) is 10.2 Å². The van der Waals surface area contributed by atoms with Gasteiger partial charge in [0, 0.05) is 30.8 Å². The second-order valence-electron chi connectivity index (χ2n) is 5.28. The van der Waals surface area contributed by atoms with Gasteiger partial charge in [0.1, 0.15) is 11.5 Å².